The third kappa shape index (κ3) is 18.0. The van der Waals surface area contributed by atoms with E-state index in [0.717, 1.165) is 25.7 Å². The van der Waals surface area contributed by atoms with E-state index in [9.17, 15) is 19.6 Å². The summed E-state index contributed by atoms with van der Waals surface area (Å²) in [6.45, 7) is 11.9. The summed E-state index contributed by atoms with van der Waals surface area (Å²) in [6.07, 6.45) is 9.01. The van der Waals surface area contributed by atoms with E-state index in [1.54, 1.807) is 17.4 Å². The Bertz CT molecular complexity index is 918. The molecule has 2 atom stereocenters. The van der Waals surface area contributed by atoms with Crippen molar-refractivity contribution in [3.63, 3.8) is 0 Å². The molecule has 1 aliphatic heterocycles. The van der Waals surface area contributed by atoms with Gasteiger partial charge >= 0.3 is 0 Å². The third-order valence-electron chi connectivity index (χ3n) is 7.65. The Balaban J connectivity index is 0.0000101. The number of nitrogens with one attached hydrogen (secondary N) is 2. The molecule has 0 bridgehead atoms. The fraction of sp³-hybridized carbons (Fsp3) is 0.812. The van der Waals surface area contributed by atoms with Crippen LogP contribution in [-0.4, -0.2) is 115 Å². The van der Waals surface area contributed by atoms with E-state index in [0.29, 0.717) is 98.2 Å². The molecule has 0 aromatic rings. The number of carbonyl (C=O) groups is 2. The first-order valence-corrected chi connectivity index (χ1v) is 16.0. The van der Waals surface area contributed by atoms with Gasteiger partial charge in [-0.3, -0.25) is 9.59 Å². The second kappa shape index (κ2) is 24.8. The summed E-state index contributed by atoms with van der Waals surface area (Å²) in [4.78, 5) is 38.2. The Kier molecular flexibility index (Phi) is 23.0. The molecule has 1 heterocycles. The van der Waals surface area contributed by atoms with Gasteiger partial charge in [0, 0.05) is 64.8 Å². The minimum atomic E-state index is -0.289. The molecule has 0 aromatic heterocycles. The van der Waals surface area contributed by atoms with E-state index in [-0.39, 0.29) is 73.2 Å². The maximum atomic E-state index is 13.3. The molecule has 1 saturated heterocycles. The van der Waals surface area contributed by atoms with Crippen LogP contribution in [0.2, 0.25) is 0 Å². The number of likely N-dealkylation sites (tertiary alicyclic amines) is 1. The molecule has 0 spiro atoms. The van der Waals surface area contributed by atoms with E-state index in [1.165, 1.54) is 6.42 Å². The molecule has 0 aromatic carbocycles. The van der Waals surface area contributed by atoms with E-state index in [2.05, 4.69) is 16.7 Å². The van der Waals surface area contributed by atoms with Crippen LogP contribution in [0.3, 0.4) is 0 Å². The standard InChI is InChI=1S/C32H53N4O8.Tb/c1-32(2,3)21-27(22-33)31(39)36-23-28(26-7-5-4-6-8-26)29(24-36)30(38)35-10-12-41-14-16-43-18-20-44-19-17-42-15-13-40-11-9-34-25-37;/h21,26,28-29H,4-20,23-24H2,1-3H3,(H,34,37)(H,35,38);/q-1;/b27-21+;/t28-,29+;/m0./s1. The van der Waals surface area contributed by atoms with Crippen LogP contribution in [-0.2, 0) is 38.1 Å². The van der Waals surface area contributed by atoms with Gasteiger partial charge in [0.1, 0.15) is 11.6 Å². The maximum absolute atomic E-state index is 13.3. The van der Waals surface area contributed by atoms with Crippen molar-refractivity contribution in [2.24, 2.45) is 23.2 Å². The number of nitriles is 1. The van der Waals surface area contributed by atoms with Gasteiger partial charge in [0.05, 0.1) is 72.0 Å². The Hall–Kier alpha value is -1.27. The summed E-state index contributed by atoms with van der Waals surface area (Å²) in [7, 11) is 0. The largest absolute Gasteiger partial charge is 0.528 e. The number of ether oxygens (including phenoxy) is 5. The number of carbonyl (C=O) groups excluding carboxylic acids is 3. The van der Waals surface area contributed by atoms with Gasteiger partial charge in [-0.15, -0.1) is 0 Å². The van der Waals surface area contributed by atoms with Gasteiger partial charge < -0.3 is 44.0 Å². The van der Waals surface area contributed by atoms with Crippen LogP contribution in [0.4, 0.5) is 0 Å². The number of nitrogens with zero attached hydrogens (tertiary/aromatic N) is 2. The smallest absolute Gasteiger partial charge is 0.264 e. The predicted molar refractivity (Wildman–Crippen MR) is 164 cm³/mol. The molecule has 45 heavy (non-hydrogen) atoms. The summed E-state index contributed by atoms with van der Waals surface area (Å²) in [5, 5.41) is 15.0. The van der Waals surface area contributed by atoms with Crippen LogP contribution in [0.1, 0.15) is 52.9 Å². The van der Waals surface area contributed by atoms with Gasteiger partial charge in [0.15, 0.2) is 0 Å². The van der Waals surface area contributed by atoms with Crippen molar-refractivity contribution < 1.29 is 76.7 Å². The normalized spacial score (nSPS) is 19.1. The summed E-state index contributed by atoms with van der Waals surface area (Å²) < 4.78 is 27.2. The van der Waals surface area contributed by atoms with Crippen LogP contribution < -0.4 is 10.6 Å². The number of amides is 3. The molecule has 1 aliphatic carbocycles. The van der Waals surface area contributed by atoms with Gasteiger partial charge in [0.25, 0.3) is 5.91 Å². The fourth-order valence-electron chi connectivity index (χ4n) is 5.59. The van der Waals surface area contributed by atoms with Gasteiger partial charge in [-0.2, -0.15) is 11.7 Å². The Morgan fingerprint density at radius 2 is 1.36 bits per heavy atom. The van der Waals surface area contributed by atoms with Gasteiger partial charge in [-0.25, -0.2) is 0 Å². The first kappa shape index (κ1) is 41.7. The second-order valence-corrected chi connectivity index (χ2v) is 12.3. The average Bonchev–Trinajstić information content (AvgIpc) is 3.46. The molecule has 259 valence electrons. The molecular formula is C32H53N4O8Tb-. The average molecular weight is 781 g/mol. The SMILES string of the molecule is CC(C)(C)/C=C(\C#N)C(=O)N1C[C@@H](C(=O)NCCOCCOCCOCCOCCOCCN[C-]=O)[C@H](C2CCCCC2)C1.[Tb]. The van der Waals surface area contributed by atoms with Crippen LogP contribution in [0.25, 0.3) is 0 Å². The molecule has 13 heteroatoms. The molecule has 12 nitrogen and oxygen atoms in total. The van der Waals surface area contributed by atoms with Gasteiger partial charge in [-0.1, -0.05) is 59.0 Å². The van der Waals surface area contributed by atoms with E-state index in [4.69, 9.17) is 23.7 Å². The Labute approximate surface area is 300 Å². The van der Waals surface area contributed by atoms with Crippen molar-refractivity contribution in [3.05, 3.63) is 11.6 Å². The van der Waals surface area contributed by atoms with E-state index >= 15 is 0 Å². The number of rotatable bonds is 22. The first-order chi connectivity index (χ1) is 21.3. The topological polar surface area (TPSA) is 148 Å². The predicted octanol–water partition coefficient (Wildman–Crippen LogP) is 1.99. The maximum Gasteiger partial charge on any atom is 0.264 e. The molecular weight excluding hydrogens is 727 g/mol. The van der Waals surface area contributed by atoms with Crippen molar-refractivity contribution in [1.29, 1.82) is 5.26 Å². The van der Waals surface area contributed by atoms with E-state index in [1.807, 2.05) is 20.8 Å². The number of hydrogen-bond donors (Lipinski definition) is 2. The fourth-order valence-corrected chi connectivity index (χ4v) is 5.59. The van der Waals surface area contributed by atoms with Crippen molar-refractivity contribution in [2.75, 3.05) is 92.2 Å². The van der Waals surface area contributed by atoms with E-state index < -0.39 is 0 Å². The van der Waals surface area contributed by atoms with Crippen LogP contribution in [0.15, 0.2) is 11.6 Å². The summed E-state index contributed by atoms with van der Waals surface area (Å²) in [5.74, 6) is -0.0839. The molecule has 2 aliphatic rings. The van der Waals surface area contributed by atoms with Crippen LogP contribution >= 0.6 is 0 Å². The minimum absolute atomic E-state index is 0. The Morgan fingerprint density at radius 1 is 0.844 bits per heavy atom. The minimum Gasteiger partial charge on any atom is -0.528 e. The monoisotopic (exact) mass is 780 g/mol. The molecule has 0 unspecified atom stereocenters. The molecule has 2 N–H and O–H groups in total. The van der Waals surface area contributed by atoms with Gasteiger partial charge in [-0.05, 0) is 17.3 Å². The van der Waals surface area contributed by atoms with Crippen molar-refractivity contribution >= 4 is 18.2 Å². The van der Waals surface area contributed by atoms with Crippen molar-refractivity contribution in [1.82, 2.24) is 15.5 Å². The molecule has 2 rings (SSSR count). The van der Waals surface area contributed by atoms with Crippen LogP contribution in [0.5, 0.6) is 0 Å². The second-order valence-electron chi connectivity index (χ2n) is 12.3. The van der Waals surface area contributed by atoms with Crippen molar-refractivity contribution in [3.8, 4) is 6.07 Å². The molecule has 2 fully saturated rings. The number of hydrogen-bond acceptors (Lipinski definition) is 9. The Morgan fingerprint density at radius 3 is 1.84 bits per heavy atom. The molecule has 1 saturated carbocycles. The summed E-state index contributed by atoms with van der Waals surface area (Å²) in [5.41, 5.74) is -0.140. The zero-order chi connectivity index (χ0) is 32.0. The van der Waals surface area contributed by atoms with Gasteiger partial charge in [0.2, 0.25) is 5.91 Å². The molecule has 1 radical (unpaired) electrons. The zero-order valence-electron chi connectivity index (χ0n) is 27.2. The number of allylic oxidation sites excluding steroid dienone is 1. The first-order valence-electron chi connectivity index (χ1n) is 16.0. The third-order valence-corrected chi connectivity index (χ3v) is 7.65. The quantitative estimate of drug-likeness (QED) is 0.0554. The van der Waals surface area contributed by atoms with Crippen LogP contribution in [0, 0.1) is 73.1 Å². The summed E-state index contributed by atoms with van der Waals surface area (Å²) >= 11 is 0. The zero-order valence-corrected chi connectivity index (χ0v) is 29.4. The summed E-state index contributed by atoms with van der Waals surface area (Å²) in [6, 6.07) is 2.08. The molecule has 3 amide bonds. The van der Waals surface area contributed by atoms with Crippen molar-refractivity contribution in [2.45, 2.75) is 52.9 Å².